The smallest absolute Gasteiger partial charge is 0.408 e. The van der Waals surface area contributed by atoms with Gasteiger partial charge < -0.3 is 20.4 Å². The lowest BCUT2D eigenvalue weighted by Gasteiger charge is -2.14. The molecule has 0 radical (unpaired) electrons. The van der Waals surface area contributed by atoms with Gasteiger partial charge in [-0.05, 0) is 17.7 Å². The van der Waals surface area contributed by atoms with Crippen LogP contribution in [0.25, 0.3) is 11.1 Å². The summed E-state index contributed by atoms with van der Waals surface area (Å²) in [5.74, 6) is -1.66. The van der Waals surface area contributed by atoms with E-state index in [0.29, 0.717) is 5.52 Å². The number of aliphatic hydroxyl groups excluding tert-OH is 2. The molecule has 0 aliphatic rings. The van der Waals surface area contributed by atoms with Crippen molar-refractivity contribution in [3.05, 3.63) is 34.3 Å². The second-order valence-electron chi connectivity index (χ2n) is 3.56. The first-order chi connectivity index (χ1) is 7.99. The van der Waals surface area contributed by atoms with Gasteiger partial charge >= 0.3 is 5.76 Å². The number of nitrogens with two attached hydrogens (primary N) is 1. The zero-order valence-electron chi connectivity index (χ0n) is 8.58. The third-order valence-corrected chi connectivity index (χ3v) is 2.38. The van der Waals surface area contributed by atoms with Crippen LogP contribution in [0.2, 0.25) is 0 Å². The van der Waals surface area contributed by atoms with Crippen molar-refractivity contribution >= 4 is 17.0 Å². The molecule has 7 heteroatoms. The van der Waals surface area contributed by atoms with Crippen molar-refractivity contribution in [1.82, 2.24) is 4.98 Å². The minimum atomic E-state index is -1.71. The molecular weight excluding hydrogens is 228 g/mol. The summed E-state index contributed by atoms with van der Waals surface area (Å²) in [6, 6.07) is 4.29. The Hall–Kier alpha value is -2.12. The third-order valence-electron chi connectivity index (χ3n) is 2.38. The maximum absolute atomic E-state index is 10.9. The highest BCUT2D eigenvalue weighted by Crippen LogP contribution is 2.20. The summed E-state index contributed by atoms with van der Waals surface area (Å²) in [7, 11) is 0. The molecule has 7 nitrogen and oxygen atoms in total. The summed E-state index contributed by atoms with van der Waals surface area (Å²) in [4.78, 5) is 24.0. The standard InChI is InChI=1S/C10H10N2O5/c11-9(15)8(14)7(13)4-1-2-5-6(3-4)17-10(16)12-5/h1-3,7-8,13-14H,(H2,11,15)(H,12,16). The Labute approximate surface area is 94.5 Å². The molecule has 0 fully saturated rings. The Morgan fingerprint density at radius 2 is 2.12 bits per heavy atom. The van der Waals surface area contributed by atoms with Crippen molar-refractivity contribution in [2.24, 2.45) is 5.73 Å². The number of hydrogen-bond donors (Lipinski definition) is 4. The third kappa shape index (κ3) is 2.05. The van der Waals surface area contributed by atoms with E-state index in [-0.39, 0.29) is 11.1 Å². The Kier molecular flexibility index (Phi) is 2.70. The van der Waals surface area contributed by atoms with Crippen LogP contribution in [0.3, 0.4) is 0 Å². The fourth-order valence-electron chi connectivity index (χ4n) is 1.48. The number of carbonyl (C=O) groups is 1. The molecule has 0 aliphatic heterocycles. The van der Waals surface area contributed by atoms with E-state index in [1.54, 1.807) is 0 Å². The second kappa shape index (κ2) is 4.04. The zero-order valence-corrected chi connectivity index (χ0v) is 8.58. The number of aromatic nitrogens is 1. The van der Waals surface area contributed by atoms with E-state index in [1.165, 1.54) is 18.2 Å². The van der Waals surface area contributed by atoms with Crippen LogP contribution >= 0.6 is 0 Å². The highest BCUT2D eigenvalue weighted by atomic mass is 16.4. The molecule has 2 rings (SSSR count). The molecule has 0 aliphatic carbocycles. The van der Waals surface area contributed by atoms with Gasteiger partial charge in [-0.1, -0.05) is 6.07 Å². The highest BCUT2D eigenvalue weighted by Gasteiger charge is 2.23. The van der Waals surface area contributed by atoms with Crippen molar-refractivity contribution in [2.45, 2.75) is 12.2 Å². The van der Waals surface area contributed by atoms with Gasteiger partial charge in [0.15, 0.2) is 11.7 Å². The predicted molar refractivity (Wildman–Crippen MR) is 57.0 cm³/mol. The van der Waals surface area contributed by atoms with Gasteiger partial charge in [0.1, 0.15) is 6.10 Å². The average Bonchev–Trinajstić information content (AvgIpc) is 2.65. The lowest BCUT2D eigenvalue weighted by atomic mass is 10.0. The summed E-state index contributed by atoms with van der Waals surface area (Å²) < 4.78 is 4.78. The lowest BCUT2D eigenvalue weighted by Crippen LogP contribution is -2.33. The first-order valence-electron chi connectivity index (χ1n) is 4.77. The molecule has 90 valence electrons. The molecule has 1 heterocycles. The molecular formula is C10H10N2O5. The van der Waals surface area contributed by atoms with Gasteiger partial charge in [-0.15, -0.1) is 0 Å². The van der Waals surface area contributed by atoms with Gasteiger partial charge in [-0.2, -0.15) is 0 Å². The van der Waals surface area contributed by atoms with E-state index in [2.05, 4.69) is 4.98 Å². The summed E-state index contributed by atoms with van der Waals surface area (Å²) >= 11 is 0. The van der Waals surface area contributed by atoms with E-state index in [1.807, 2.05) is 0 Å². The number of benzene rings is 1. The number of carbonyl (C=O) groups excluding carboxylic acids is 1. The number of oxazole rings is 1. The molecule has 2 unspecified atom stereocenters. The summed E-state index contributed by atoms with van der Waals surface area (Å²) in [5, 5.41) is 18.9. The number of H-pyrrole nitrogens is 1. The van der Waals surface area contributed by atoms with Gasteiger partial charge in [-0.25, -0.2) is 4.79 Å². The maximum Gasteiger partial charge on any atom is 0.417 e. The summed E-state index contributed by atoms with van der Waals surface area (Å²) in [5.41, 5.74) is 5.77. The van der Waals surface area contributed by atoms with E-state index in [9.17, 15) is 19.8 Å². The van der Waals surface area contributed by atoms with Gasteiger partial charge in [0.25, 0.3) is 0 Å². The number of aromatic amines is 1. The second-order valence-corrected chi connectivity index (χ2v) is 3.56. The quantitative estimate of drug-likeness (QED) is 0.545. The van der Waals surface area contributed by atoms with Crippen LogP contribution in [0.15, 0.2) is 27.4 Å². The monoisotopic (exact) mass is 238 g/mol. The molecule has 1 aromatic heterocycles. The fraction of sp³-hybridized carbons (Fsp3) is 0.200. The maximum atomic E-state index is 10.9. The number of aliphatic hydroxyl groups is 2. The van der Waals surface area contributed by atoms with Crippen LogP contribution in [0.4, 0.5) is 0 Å². The Morgan fingerprint density at radius 3 is 2.76 bits per heavy atom. The largest absolute Gasteiger partial charge is 0.417 e. The Balaban J connectivity index is 2.42. The van der Waals surface area contributed by atoms with Crippen LogP contribution in [-0.4, -0.2) is 27.2 Å². The average molecular weight is 238 g/mol. The van der Waals surface area contributed by atoms with E-state index >= 15 is 0 Å². The minimum absolute atomic E-state index is 0.225. The number of nitrogens with one attached hydrogen (secondary N) is 1. The van der Waals surface area contributed by atoms with Crippen molar-refractivity contribution in [3.63, 3.8) is 0 Å². The number of amides is 1. The van der Waals surface area contributed by atoms with Crippen molar-refractivity contribution in [2.75, 3.05) is 0 Å². The first-order valence-corrected chi connectivity index (χ1v) is 4.77. The van der Waals surface area contributed by atoms with Gasteiger partial charge in [0.05, 0.1) is 5.52 Å². The number of hydrogen-bond acceptors (Lipinski definition) is 5. The topological polar surface area (TPSA) is 130 Å². The normalized spacial score (nSPS) is 14.7. The number of rotatable bonds is 3. The number of fused-ring (bicyclic) bond motifs is 1. The molecule has 2 atom stereocenters. The molecule has 1 aromatic carbocycles. The molecule has 17 heavy (non-hydrogen) atoms. The van der Waals surface area contributed by atoms with Crippen LogP contribution in [0.5, 0.6) is 0 Å². The number of primary amides is 1. The van der Waals surface area contributed by atoms with Gasteiger partial charge in [0.2, 0.25) is 5.91 Å². The van der Waals surface area contributed by atoms with Crippen LogP contribution < -0.4 is 11.5 Å². The lowest BCUT2D eigenvalue weighted by molar-refractivity contribution is -0.131. The minimum Gasteiger partial charge on any atom is -0.408 e. The zero-order chi connectivity index (χ0) is 12.6. The SMILES string of the molecule is NC(=O)C(O)C(O)c1ccc2[nH]c(=O)oc2c1. The van der Waals surface area contributed by atoms with E-state index < -0.39 is 23.9 Å². The fourth-order valence-corrected chi connectivity index (χ4v) is 1.48. The predicted octanol–water partition coefficient (Wildman–Crippen LogP) is -0.999. The molecule has 2 aromatic rings. The molecule has 5 N–H and O–H groups in total. The summed E-state index contributed by atoms with van der Waals surface area (Å²) in [6.07, 6.45) is -3.17. The van der Waals surface area contributed by atoms with E-state index in [4.69, 9.17) is 10.2 Å². The highest BCUT2D eigenvalue weighted by molar-refractivity contribution is 5.80. The molecule has 0 saturated carbocycles. The Bertz CT molecular complexity index is 614. The van der Waals surface area contributed by atoms with Crippen molar-refractivity contribution in [3.8, 4) is 0 Å². The van der Waals surface area contributed by atoms with Gasteiger partial charge in [-0.3, -0.25) is 9.78 Å². The van der Waals surface area contributed by atoms with E-state index in [0.717, 1.165) is 0 Å². The summed E-state index contributed by atoms with van der Waals surface area (Å²) in [6.45, 7) is 0. The van der Waals surface area contributed by atoms with Crippen LogP contribution in [0, 0.1) is 0 Å². The molecule has 1 amide bonds. The van der Waals surface area contributed by atoms with Crippen molar-refractivity contribution in [1.29, 1.82) is 0 Å². The van der Waals surface area contributed by atoms with Crippen molar-refractivity contribution < 1.29 is 19.4 Å². The molecule has 0 bridgehead atoms. The Morgan fingerprint density at radius 1 is 1.41 bits per heavy atom. The molecule has 0 saturated heterocycles. The molecule has 0 spiro atoms. The van der Waals surface area contributed by atoms with Crippen LogP contribution in [0.1, 0.15) is 11.7 Å². The van der Waals surface area contributed by atoms with Crippen LogP contribution in [-0.2, 0) is 4.79 Å². The van der Waals surface area contributed by atoms with Gasteiger partial charge in [0, 0.05) is 0 Å². The first kappa shape index (κ1) is 11.4.